The molecule has 96 valence electrons. The van der Waals surface area contributed by atoms with Crippen molar-refractivity contribution >= 4 is 11.9 Å². The van der Waals surface area contributed by atoms with Crippen LogP contribution in [-0.2, 0) is 19.1 Å². The molecule has 2 atom stereocenters. The van der Waals surface area contributed by atoms with Crippen molar-refractivity contribution in [2.24, 2.45) is 0 Å². The summed E-state index contributed by atoms with van der Waals surface area (Å²) in [5.74, 6) is -0.624. The van der Waals surface area contributed by atoms with E-state index in [4.69, 9.17) is 9.47 Å². The first-order chi connectivity index (χ1) is 8.67. The van der Waals surface area contributed by atoms with Crippen LogP contribution in [-0.4, -0.2) is 38.4 Å². The first-order valence-corrected chi connectivity index (χ1v) is 5.25. The van der Waals surface area contributed by atoms with Gasteiger partial charge in [0.15, 0.2) is 11.5 Å². The summed E-state index contributed by atoms with van der Waals surface area (Å²) >= 11 is 0. The van der Waals surface area contributed by atoms with Crippen LogP contribution in [0, 0.1) is 0 Å². The third kappa shape index (κ3) is 2.09. The van der Waals surface area contributed by atoms with E-state index in [1.165, 1.54) is 14.2 Å². The number of hydrogen-bond acceptors (Lipinski definition) is 6. The molecule has 0 spiro atoms. The van der Waals surface area contributed by atoms with Gasteiger partial charge in [-0.1, -0.05) is 12.1 Å². The molecule has 18 heavy (non-hydrogen) atoms. The molecule has 0 radical (unpaired) electrons. The molecule has 0 aromatic heterocycles. The monoisotopic (exact) mass is 252 g/mol. The van der Waals surface area contributed by atoms with Crippen LogP contribution in [0.1, 0.15) is 0 Å². The Morgan fingerprint density at radius 3 is 1.67 bits per heavy atom. The summed E-state index contributed by atoms with van der Waals surface area (Å²) in [7, 11) is 2.42. The minimum absolute atomic E-state index is 0.382. The quantitative estimate of drug-likeness (QED) is 0.715. The minimum atomic E-state index is -1.17. The summed E-state index contributed by atoms with van der Waals surface area (Å²) in [5, 5.41) is 0. The van der Waals surface area contributed by atoms with Crippen molar-refractivity contribution < 1.29 is 28.5 Å². The number of hydrogen-bond donors (Lipinski definition) is 0. The number of methoxy groups -OCH3 is 2. The zero-order valence-corrected chi connectivity index (χ0v) is 9.91. The molecule has 0 saturated carbocycles. The van der Waals surface area contributed by atoms with E-state index >= 15 is 0 Å². The molecule has 2 rings (SSSR count). The van der Waals surface area contributed by atoms with E-state index in [9.17, 15) is 9.59 Å². The van der Waals surface area contributed by atoms with Crippen molar-refractivity contribution in [1.29, 1.82) is 0 Å². The molecule has 1 heterocycles. The topological polar surface area (TPSA) is 71.1 Å². The zero-order chi connectivity index (χ0) is 13.1. The van der Waals surface area contributed by atoms with Crippen LogP contribution in [0.2, 0.25) is 0 Å². The van der Waals surface area contributed by atoms with Crippen molar-refractivity contribution in [2.75, 3.05) is 14.2 Å². The molecule has 1 aromatic carbocycles. The van der Waals surface area contributed by atoms with Crippen molar-refractivity contribution in [1.82, 2.24) is 0 Å². The average molecular weight is 252 g/mol. The second kappa shape index (κ2) is 4.95. The van der Waals surface area contributed by atoms with E-state index in [0.717, 1.165) is 0 Å². The molecule has 0 N–H and O–H groups in total. The smallest absolute Gasteiger partial charge is 0.351 e. The standard InChI is InChI=1S/C12H12O6/c1-15-11(13)9-10(12(14)16-2)18-8-6-4-3-5-7(8)17-9/h3-6,9-10H,1-2H3. The molecular weight excluding hydrogens is 240 g/mol. The van der Waals surface area contributed by atoms with Crippen LogP contribution in [0.5, 0.6) is 11.5 Å². The van der Waals surface area contributed by atoms with Crippen molar-refractivity contribution in [2.45, 2.75) is 12.2 Å². The van der Waals surface area contributed by atoms with E-state index in [1.807, 2.05) is 0 Å². The molecule has 0 aliphatic carbocycles. The number of carbonyl (C=O) groups is 2. The van der Waals surface area contributed by atoms with Crippen molar-refractivity contribution in [3.05, 3.63) is 24.3 Å². The molecule has 0 amide bonds. The Labute approximate surface area is 103 Å². The average Bonchev–Trinajstić information content (AvgIpc) is 2.44. The predicted octanol–water partition coefficient (Wildman–Crippen LogP) is 0.541. The Hall–Kier alpha value is -2.24. The van der Waals surface area contributed by atoms with Gasteiger partial charge in [-0.05, 0) is 12.1 Å². The normalized spacial score (nSPS) is 21.0. The Bertz CT molecular complexity index is 426. The largest absolute Gasteiger partial charge is 0.470 e. The summed E-state index contributed by atoms with van der Waals surface area (Å²) in [6, 6.07) is 6.74. The summed E-state index contributed by atoms with van der Waals surface area (Å²) in [5.41, 5.74) is 0. The van der Waals surface area contributed by atoms with Gasteiger partial charge in [0.05, 0.1) is 14.2 Å². The first kappa shape index (κ1) is 12.2. The Balaban J connectivity index is 2.33. The lowest BCUT2D eigenvalue weighted by Crippen LogP contribution is -2.50. The fourth-order valence-corrected chi connectivity index (χ4v) is 1.62. The highest BCUT2D eigenvalue weighted by molar-refractivity contribution is 5.86. The van der Waals surface area contributed by atoms with Gasteiger partial charge in [-0.25, -0.2) is 9.59 Å². The number of esters is 2. The summed E-state index contributed by atoms with van der Waals surface area (Å²) in [6.45, 7) is 0. The van der Waals surface area contributed by atoms with Crippen LogP contribution in [0.25, 0.3) is 0 Å². The second-order valence-corrected chi connectivity index (χ2v) is 3.57. The number of ether oxygens (including phenoxy) is 4. The third-order valence-corrected chi connectivity index (χ3v) is 2.50. The number of fused-ring (bicyclic) bond motifs is 1. The summed E-state index contributed by atoms with van der Waals surface area (Å²) in [6.07, 6.45) is -2.34. The highest BCUT2D eigenvalue weighted by Gasteiger charge is 2.43. The first-order valence-electron chi connectivity index (χ1n) is 5.25. The maximum Gasteiger partial charge on any atom is 0.351 e. The van der Waals surface area contributed by atoms with Gasteiger partial charge >= 0.3 is 11.9 Å². The molecule has 6 heteroatoms. The second-order valence-electron chi connectivity index (χ2n) is 3.57. The van der Waals surface area contributed by atoms with Gasteiger partial charge in [-0.15, -0.1) is 0 Å². The molecule has 1 aliphatic heterocycles. The van der Waals surface area contributed by atoms with Gasteiger partial charge in [0, 0.05) is 0 Å². The maximum atomic E-state index is 11.6. The molecule has 0 fully saturated rings. The Morgan fingerprint density at radius 1 is 0.944 bits per heavy atom. The van der Waals surface area contributed by atoms with E-state index in [2.05, 4.69) is 9.47 Å². The summed E-state index contributed by atoms with van der Waals surface area (Å²) in [4.78, 5) is 23.1. The minimum Gasteiger partial charge on any atom is -0.470 e. The number of rotatable bonds is 2. The molecule has 6 nitrogen and oxygen atoms in total. The van der Waals surface area contributed by atoms with Gasteiger partial charge in [-0.2, -0.15) is 0 Å². The number of para-hydroxylation sites is 2. The maximum absolute atomic E-state index is 11.6. The number of carbonyl (C=O) groups excluding carboxylic acids is 2. The van der Waals surface area contributed by atoms with Crippen LogP contribution < -0.4 is 9.47 Å². The SMILES string of the molecule is COC(=O)C1Oc2ccccc2OC1C(=O)OC. The van der Waals surface area contributed by atoms with Gasteiger partial charge in [0.1, 0.15) is 0 Å². The van der Waals surface area contributed by atoms with Gasteiger partial charge in [0.25, 0.3) is 0 Å². The molecular formula is C12H12O6. The molecule has 0 bridgehead atoms. The van der Waals surface area contributed by atoms with Crippen LogP contribution in [0.15, 0.2) is 24.3 Å². The van der Waals surface area contributed by atoms with Gasteiger partial charge in [0.2, 0.25) is 12.2 Å². The zero-order valence-electron chi connectivity index (χ0n) is 9.91. The van der Waals surface area contributed by atoms with Crippen LogP contribution in [0.3, 0.4) is 0 Å². The molecule has 2 unspecified atom stereocenters. The van der Waals surface area contributed by atoms with Crippen LogP contribution >= 0.6 is 0 Å². The van der Waals surface area contributed by atoms with E-state index in [-0.39, 0.29) is 0 Å². The number of benzene rings is 1. The van der Waals surface area contributed by atoms with E-state index in [1.54, 1.807) is 24.3 Å². The van der Waals surface area contributed by atoms with E-state index < -0.39 is 24.1 Å². The van der Waals surface area contributed by atoms with Crippen LogP contribution in [0.4, 0.5) is 0 Å². The third-order valence-electron chi connectivity index (χ3n) is 2.50. The molecule has 0 saturated heterocycles. The lowest BCUT2D eigenvalue weighted by Gasteiger charge is -2.30. The van der Waals surface area contributed by atoms with Gasteiger partial charge < -0.3 is 18.9 Å². The fourth-order valence-electron chi connectivity index (χ4n) is 1.62. The lowest BCUT2D eigenvalue weighted by atomic mass is 10.1. The van der Waals surface area contributed by atoms with Gasteiger partial charge in [-0.3, -0.25) is 0 Å². The predicted molar refractivity (Wildman–Crippen MR) is 59.3 cm³/mol. The lowest BCUT2D eigenvalue weighted by molar-refractivity contribution is -0.168. The summed E-state index contributed by atoms with van der Waals surface area (Å²) < 4.78 is 20.0. The fraction of sp³-hybridized carbons (Fsp3) is 0.333. The van der Waals surface area contributed by atoms with E-state index in [0.29, 0.717) is 11.5 Å². The van der Waals surface area contributed by atoms with Crippen molar-refractivity contribution in [3.8, 4) is 11.5 Å². The molecule has 1 aliphatic rings. The Morgan fingerprint density at radius 2 is 1.33 bits per heavy atom. The highest BCUT2D eigenvalue weighted by Crippen LogP contribution is 2.34. The Kier molecular flexibility index (Phi) is 3.36. The van der Waals surface area contributed by atoms with Crippen molar-refractivity contribution in [3.63, 3.8) is 0 Å². The highest BCUT2D eigenvalue weighted by atomic mass is 16.6. The molecule has 1 aromatic rings.